The lowest BCUT2D eigenvalue weighted by atomic mass is 9.94. The number of amides is 1. The van der Waals surface area contributed by atoms with Gasteiger partial charge in [0.25, 0.3) is 5.91 Å². The minimum Gasteiger partial charge on any atom is -0.493 e. The molecular weight excluding hydrogens is 500 g/mol. The summed E-state index contributed by atoms with van der Waals surface area (Å²) in [6.07, 6.45) is 1.00. The van der Waals surface area contributed by atoms with Crippen LogP contribution in [0.2, 0.25) is 0 Å². The molecule has 0 aliphatic carbocycles. The summed E-state index contributed by atoms with van der Waals surface area (Å²) in [6.45, 7) is 5.08. The summed E-state index contributed by atoms with van der Waals surface area (Å²) in [5, 5.41) is 10.4. The number of ether oxygens (including phenoxy) is 3. The first kappa shape index (κ1) is 26.4. The molecule has 198 valence electrons. The Morgan fingerprint density at radius 3 is 2.11 bits per heavy atom. The van der Waals surface area contributed by atoms with E-state index >= 15 is 0 Å². The molecule has 0 spiro atoms. The summed E-state index contributed by atoms with van der Waals surface area (Å²) in [7, 11) is 0.837. The number of rotatable bonds is 8. The van der Waals surface area contributed by atoms with Crippen molar-refractivity contribution in [3.63, 3.8) is 0 Å². The normalized spacial score (nSPS) is 18.3. The van der Waals surface area contributed by atoms with Crippen molar-refractivity contribution in [3.05, 3.63) is 42.0 Å². The van der Waals surface area contributed by atoms with Crippen LogP contribution < -0.4 is 19.5 Å². The van der Waals surface area contributed by atoms with Crippen LogP contribution in [0.1, 0.15) is 30.6 Å². The number of carbonyl (C=O) groups excluding carboxylic acids is 1. The molecule has 0 unspecified atom stereocenters. The molecule has 2 heterocycles. The van der Waals surface area contributed by atoms with E-state index in [1.54, 1.807) is 12.1 Å². The number of sulfonamides is 1. The van der Waals surface area contributed by atoms with Crippen LogP contribution in [0, 0.1) is 11.8 Å². The predicted octanol–water partition coefficient (Wildman–Crippen LogP) is 3.68. The van der Waals surface area contributed by atoms with Crippen molar-refractivity contribution in [2.45, 2.75) is 25.2 Å². The van der Waals surface area contributed by atoms with E-state index in [9.17, 15) is 13.2 Å². The molecule has 0 saturated carbocycles. The van der Waals surface area contributed by atoms with Gasteiger partial charge in [-0.15, -0.1) is 5.10 Å². The van der Waals surface area contributed by atoms with Gasteiger partial charge in [-0.3, -0.25) is 10.1 Å². The van der Waals surface area contributed by atoms with Gasteiger partial charge in [0, 0.05) is 24.2 Å². The standard InChI is InChI=1S/C25H30N4O7S/c1-15-10-16(2)14-29(13-15)37(31,32)19-8-6-17(7-9-19)23(30)26-25-28-27-24(36-25)18-11-20(33-3)22(35-5)21(12-18)34-4/h6-9,11-12,15-16H,10,13-14H2,1-5H3,(H,26,28,30)/t15-,16-/m1/s1. The van der Waals surface area contributed by atoms with Crippen LogP contribution in [0.15, 0.2) is 45.7 Å². The van der Waals surface area contributed by atoms with Crippen LogP contribution in [0.4, 0.5) is 6.01 Å². The summed E-state index contributed by atoms with van der Waals surface area (Å²) in [5.41, 5.74) is 0.741. The largest absolute Gasteiger partial charge is 0.493 e. The highest BCUT2D eigenvalue weighted by Gasteiger charge is 2.31. The third-order valence-corrected chi connectivity index (χ3v) is 7.99. The maximum atomic E-state index is 13.1. The van der Waals surface area contributed by atoms with Crippen LogP contribution in [-0.4, -0.2) is 63.2 Å². The average Bonchev–Trinajstić information content (AvgIpc) is 3.35. The van der Waals surface area contributed by atoms with Crippen LogP contribution in [0.3, 0.4) is 0 Å². The molecule has 12 heteroatoms. The molecule has 1 aromatic heterocycles. The second kappa shape index (κ2) is 10.8. The van der Waals surface area contributed by atoms with Crippen molar-refractivity contribution in [3.8, 4) is 28.7 Å². The molecule has 0 radical (unpaired) electrons. The van der Waals surface area contributed by atoms with E-state index in [1.165, 1.54) is 49.9 Å². The third kappa shape index (κ3) is 5.54. The molecule has 1 amide bonds. The Labute approximate surface area is 215 Å². The third-order valence-electron chi connectivity index (χ3n) is 6.15. The van der Waals surface area contributed by atoms with E-state index in [2.05, 4.69) is 29.4 Å². The number of carbonyl (C=O) groups is 1. The number of nitrogens with zero attached hydrogens (tertiary/aromatic N) is 3. The van der Waals surface area contributed by atoms with Crippen molar-refractivity contribution >= 4 is 21.9 Å². The molecule has 1 aliphatic heterocycles. The van der Waals surface area contributed by atoms with E-state index in [0.29, 0.717) is 47.7 Å². The molecule has 4 rings (SSSR count). The zero-order chi connectivity index (χ0) is 26.7. The number of aromatic nitrogens is 2. The molecule has 1 aliphatic rings. The highest BCUT2D eigenvalue weighted by atomic mass is 32.2. The van der Waals surface area contributed by atoms with Gasteiger partial charge >= 0.3 is 6.01 Å². The van der Waals surface area contributed by atoms with Crippen molar-refractivity contribution < 1.29 is 31.8 Å². The van der Waals surface area contributed by atoms with Crippen LogP contribution in [0.25, 0.3) is 11.5 Å². The van der Waals surface area contributed by atoms with Gasteiger partial charge in [-0.25, -0.2) is 8.42 Å². The smallest absolute Gasteiger partial charge is 0.322 e. The Balaban J connectivity index is 1.48. The molecule has 1 saturated heterocycles. The van der Waals surface area contributed by atoms with Gasteiger partial charge in [0.05, 0.1) is 26.2 Å². The minimum atomic E-state index is -3.64. The van der Waals surface area contributed by atoms with E-state index in [4.69, 9.17) is 18.6 Å². The van der Waals surface area contributed by atoms with Gasteiger partial charge in [-0.2, -0.15) is 4.31 Å². The fourth-order valence-electron chi connectivity index (χ4n) is 4.49. The summed E-state index contributed by atoms with van der Waals surface area (Å²) in [5.74, 6) is 1.42. The van der Waals surface area contributed by atoms with Crippen molar-refractivity contribution in [2.75, 3.05) is 39.7 Å². The maximum Gasteiger partial charge on any atom is 0.322 e. The Bertz CT molecular complexity index is 1340. The summed E-state index contributed by atoms with van der Waals surface area (Å²) < 4.78 is 49.3. The number of methoxy groups -OCH3 is 3. The Morgan fingerprint density at radius 2 is 1.57 bits per heavy atom. The first-order chi connectivity index (χ1) is 17.7. The molecular formula is C25H30N4O7S. The number of hydrogen-bond donors (Lipinski definition) is 1. The fraction of sp³-hybridized carbons (Fsp3) is 0.400. The second-order valence-electron chi connectivity index (χ2n) is 9.07. The first-order valence-electron chi connectivity index (χ1n) is 11.7. The van der Waals surface area contributed by atoms with Gasteiger partial charge < -0.3 is 18.6 Å². The number of nitrogens with one attached hydrogen (secondary N) is 1. The Kier molecular flexibility index (Phi) is 7.69. The fourth-order valence-corrected chi connectivity index (χ4v) is 6.17. The van der Waals surface area contributed by atoms with Gasteiger partial charge in [0.15, 0.2) is 11.5 Å². The molecule has 0 bridgehead atoms. The highest BCUT2D eigenvalue weighted by molar-refractivity contribution is 7.89. The quantitative estimate of drug-likeness (QED) is 0.463. The second-order valence-corrected chi connectivity index (χ2v) is 11.0. The van der Waals surface area contributed by atoms with Crippen molar-refractivity contribution in [2.24, 2.45) is 11.8 Å². The summed E-state index contributed by atoms with van der Waals surface area (Å²) >= 11 is 0. The lowest BCUT2D eigenvalue weighted by Gasteiger charge is -2.34. The number of anilines is 1. The SMILES string of the molecule is COc1cc(-c2nnc(NC(=O)c3ccc(S(=O)(=O)N4C[C@H](C)C[C@@H](C)C4)cc3)o2)cc(OC)c1OC. The van der Waals surface area contributed by atoms with E-state index in [-0.39, 0.29) is 22.4 Å². The number of hydrogen-bond acceptors (Lipinski definition) is 9. The number of piperidine rings is 1. The highest BCUT2D eigenvalue weighted by Crippen LogP contribution is 2.41. The monoisotopic (exact) mass is 530 g/mol. The van der Waals surface area contributed by atoms with E-state index in [0.717, 1.165) is 6.42 Å². The first-order valence-corrected chi connectivity index (χ1v) is 13.2. The maximum absolute atomic E-state index is 13.1. The Hall–Kier alpha value is -3.64. The average molecular weight is 531 g/mol. The van der Waals surface area contributed by atoms with Crippen LogP contribution >= 0.6 is 0 Å². The van der Waals surface area contributed by atoms with E-state index in [1.807, 2.05) is 0 Å². The molecule has 2 aromatic carbocycles. The zero-order valence-electron chi connectivity index (χ0n) is 21.3. The summed E-state index contributed by atoms with van der Waals surface area (Å²) in [4.78, 5) is 12.9. The van der Waals surface area contributed by atoms with Crippen LogP contribution in [0.5, 0.6) is 17.2 Å². The molecule has 37 heavy (non-hydrogen) atoms. The molecule has 3 aromatic rings. The number of benzene rings is 2. The molecule has 1 N–H and O–H groups in total. The topological polar surface area (TPSA) is 133 Å². The lowest BCUT2D eigenvalue weighted by Crippen LogP contribution is -2.42. The van der Waals surface area contributed by atoms with Crippen LogP contribution in [-0.2, 0) is 10.0 Å². The minimum absolute atomic E-state index is 0.123. The van der Waals surface area contributed by atoms with Gasteiger partial charge in [-0.05, 0) is 54.7 Å². The molecule has 11 nitrogen and oxygen atoms in total. The van der Waals surface area contributed by atoms with E-state index < -0.39 is 15.9 Å². The molecule has 1 fully saturated rings. The predicted molar refractivity (Wildman–Crippen MR) is 135 cm³/mol. The van der Waals surface area contributed by atoms with Gasteiger partial charge in [0.1, 0.15) is 0 Å². The molecule has 2 atom stereocenters. The lowest BCUT2D eigenvalue weighted by molar-refractivity contribution is 0.102. The summed E-state index contributed by atoms with van der Waals surface area (Å²) in [6, 6.07) is 8.94. The van der Waals surface area contributed by atoms with Gasteiger partial charge in [0.2, 0.25) is 21.7 Å². The van der Waals surface area contributed by atoms with Crippen molar-refractivity contribution in [1.29, 1.82) is 0 Å². The Morgan fingerprint density at radius 1 is 0.973 bits per heavy atom. The van der Waals surface area contributed by atoms with Crippen molar-refractivity contribution in [1.82, 2.24) is 14.5 Å². The zero-order valence-corrected chi connectivity index (χ0v) is 22.2. The van der Waals surface area contributed by atoms with Gasteiger partial charge in [-0.1, -0.05) is 18.9 Å².